The van der Waals surface area contributed by atoms with Gasteiger partial charge in [-0.05, 0) is 6.07 Å². The molecule has 0 amide bonds. The Morgan fingerprint density at radius 2 is 1.45 bits per heavy atom. The van der Waals surface area contributed by atoms with E-state index < -0.39 is 33.7 Å². The van der Waals surface area contributed by atoms with E-state index in [9.17, 15) is 24.5 Å². The van der Waals surface area contributed by atoms with Crippen molar-refractivity contribution in [1.29, 1.82) is 0 Å². The Labute approximate surface area is 123 Å². The number of rotatable bonds is 2. The van der Waals surface area contributed by atoms with Gasteiger partial charge in [-0.2, -0.15) is 0 Å². The normalized spacial score (nSPS) is 12.5. The number of carbonyl (C=O) groups excluding carboxylic acids is 2. The number of nitro benzene ring substituents is 1. The summed E-state index contributed by atoms with van der Waals surface area (Å²) in [5.41, 5.74) is -1.31. The molecular formula is C15H7NO6. The lowest BCUT2D eigenvalue weighted by atomic mass is 9.83. The molecule has 0 radical (unpaired) electrons. The third-order valence-corrected chi connectivity index (χ3v) is 3.47. The summed E-state index contributed by atoms with van der Waals surface area (Å²) < 4.78 is 0. The van der Waals surface area contributed by atoms with Gasteiger partial charge in [0.15, 0.2) is 11.6 Å². The molecule has 1 aliphatic carbocycles. The minimum Gasteiger partial charge on any atom is -0.477 e. The molecule has 0 saturated carbocycles. The highest BCUT2D eigenvalue weighted by molar-refractivity contribution is 6.29. The van der Waals surface area contributed by atoms with Gasteiger partial charge >= 0.3 is 5.97 Å². The predicted molar refractivity (Wildman–Crippen MR) is 73.4 cm³/mol. The standard InChI is InChI=1S/C15H7NO6/c17-13-7-3-1-2-4-8(7)14(18)10-6-12(16(21)22)11(15(19)20)5-9(10)13/h1-6H,(H,19,20). The summed E-state index contributed by atoms with van der Waals surface area (Å²) in [6, 6.07) is 7.82. The van der Waals surface area contributed by atoms with Crippen LogP contribution in [0.25, 0.3) is 0 Å². The fourth-order valence-electron chi connectivity index (χ4n) is 2.46. The zero-order chi connectivity index (χ0) is 16.0. The lowest BCUT2D eigenvalue weighted by molar-refractivity contribution is -0.385. The molecule has 3 rings (SSSR count). The van der Waals surface area contributed by atoms with Gasteiger partial charge in [-0.3, -0.25) is 19.7 Å². The number of carboxylic acid groups (broad SMARTS) is 1. The first-order valence-electron chi connectivity index (χ1n) is 6.16. The van der Waals surface area contributed by atoms with Gasteiger partial charge in [0, 0.05) is 28.3 Å². The molecule has 7 nitrogen and oxygen atoms in total. The topological polar surface area (TPSA) is 115 Å². The highest BCUT2D eigenvalue weighted by Gasteiger charge is 2.34. The molecule has 108 valence electrons. The number of carbonyl (C=O) groups is 3. The van der Waals surface area contributed by atoms with Crippen molar-refractivity contribution in [2.24, 2.45) is 0 Å². The van der Waals surface area contributed by atoms with Crippen LogP contribution in [-0.4, -0.2) is 27.6 Å². The molecule has 1 aliphatic rings. The van der Waals surface area contributed by atoms with E-state index in [1.165, 1.54) is 12.1 Å². The number of hydrogen-bond acceptors (Lipinski definition) is 5. The van der Waals surface area contributed by atoms with Crippen LogP contribution in [0.2, 0.25) is 0 Å². The van der Waals surface area contributed by atoms with Crippen molar-refractivity contribution >= 4 is 23.2 Å². The number of nitro groups is 1. The monoisotopic (exact) mass is 297 g/mol. The zero-order valence-electron chi connectivity index (χ0n) is 10.9. The quantitative estimate of drug-likeness (QED) is 0.572. The van der Waals surface area contributed by atoms with Gasteiger partial charge in [0.05, 0.1) is 4.92 Å². The van der Waals surface area contributed by atoms with E-state index in [4.69, 9.17) is 5.11 Å². The number of carboxylic acids is 1. The maximum Gasteiger partial charge on any atom is 0.342 e. The summed E-state index contributed by atoms with van der Waals surface area (Å²) in [6.07, 6.45) is 0. The number of ketones is 2. The Kier molecular flexibility index (Phi) is 2.84. The van der Waals surface area contributed by atoms with Crippen LogP contribution >= 0.6 is 0 Å². The highest BCUT2D eigenvalue weighted by atomic mass is 16.6. The Morgan fingerprint density at radius 3 is 1.91 bits per heavy atom. The molecular weight excluding hydrogens is 290 g/mol. The molecule has 22 heavy (non-hydrogen) atoms. The van der Waals surface area contributed by atoms with Crippen LogP contribution in [-0.2, 0) is 0 Å². The average molecular weight is 297 g/mol. The molecule has 0 bridgehead atoms. The Hall–Kier alpha value is -3.35. The van der Waals surface area contributed by atoms with Crippen LogP contribution in [0.3, 0.4) is 0 Å². The second-order valence-corrected chi connectivity index (χ2v) is 4.68. The van der Waals surface area contributed by atoms with Crippen molar-refractivity contribution in [3.05, 3.63) is 74.3 Å². The largest absolute Gasteiger partial charge is 0.477 e. The number of nitrogens with zero attached hydrogens (tertiary/aromatic N) is 1. The SMILES string of the molecule is O=C1c2ccccc2C(=O)c2cc([N+](=O)[O-])c(C(=O)O)cc21. The van der Waals surface area contributed by atoms with Gasteiger partial charge in [-0.1, -0.05) is 24.3 Å². The molecule has 7 heteroatoms. The van der Waals surface area contributed by atoms with Gasteiger partial charge in [0.2, 0.25) is 0 Å². The van der Waals surface area contributed by atoms with Crippen molar-refractivity contribution in [2.75, 3.05) is 0 Å². The minimum absolute atomic E-state index is 0.133. The van der Waals surface area contributed by atoms with Gasteiger partial charge in [-0.15, -0.1) is 0 Å². The van der Waals surface area contributed by atoms with Crippen LogP contribution in [0.5, 0.6) is 0 Å². The summed E-state index contributed by atoms with van der Waals surface area (Å²) in [5, 5.41) is 20.1. The lowest BCUT2D eigenvalue weighted by Crippen LogP contribution is -2.22. The summed E-state index contributed by atoms with van der Waals surface area (Å²) in [4.78, 5) is 46.0. The fraction of sp³-hybridized carbons (Fsp3) is 0. The number of fused-ring (bicyclic) bond motifs is 2. The van der Waals surface area contributed by atoms with Crippen molar-refractivity contribution in [1.82, 2.24) is 0 Å². The first kappa shape index (κ1) is 13.6. The average Bonchev–Trinajstić information content (AvgIpc) is 2.51. The smallest absolute Gasteiger partial charge is 0.342 e. The number of aromatic carboxylic acids is 1. The minimum atomic E-state index is -1.53. The molecule has 0 aromatic heterocycles. The van der Waals surface area contributed by atoms with Crippen LogP contribution in [0.4, 0.5) is 5.69 Å². The molecule has 0 saturated heterocycles. The Bertz CT molecular complexity index is 812. The van der Waals surface area contributed by atoms with Crippen molar-refractivity contribution in [3.8, 4) is 0 Å². The van der Waals surface area contributed by atoms with E-state index in [0.717, 1.165) is 12.1 Å². The van der Waals surface area contributed by atoms with Crippen molar-refractivity contribution < 1.29 is 24.4 Å². The molecule has 1 N–H and O–H groups in total. The summed E-state index contributed by atoms with van der Waals surface area (Å²) >= 11 is 0. The summed E-state index contributed by atoms with van der Waals surface area (Å²) in [6.45, 7) is 0. The Balaban J connectivity index is 2.34. The fourth-order valence-corrected chi connectivity index (χ4v) is 2.46. The second kappa shape index (κ2) is 4.59. The van der Waals surface area contributed by atoms with Crippen LogP contribution in [0, 0.1) is 10.1 Å². The first-order valence-corrected chi connectivity index (χ1v) is 6.16. The molecule has 0 fully saturated rings. The third kappa shape index (κ3) is 1.80. The lowest BCUT2D eigenvalue weighted by Gasteiger charge is -2.17. The van der Waals surface area contributed by atoms with Crippen LogP contribution < -0.4 is 0 Å². The Morgan fingerprint density at radius 1 is 0.955 bits per heavy atom. The van der Waals surface area contributed by atoms with E-state index >= 15 is 0 Å². The molecule has 0 heterocycles. The number of benzene rings is 2. The van der Waals surface area contributed by atoms with E-state index in [-0.39, 0.29) is 22.3 Å². The molecule has 0 atom stereocenters. The van der Waals surface area contributed by atoms with E-state index in [1.54, 1.807) is 12.1 Å². The predicted octanol–water partition coefficient (Wildman–Crippen LogP) is 2.07. The maximum atomic E-state index is 12.4. The molecule has 0 unspecified atom stereocenters. The molecule has 2 aromatic carbocycles. The van der Waals surface area contributed by atoms with Gasteiger partial charge < -0.3 is 5.11 Å². The van der Waals surface area contributed by atoms with Crippen molar-refractivity contribution in [2.45, 2.75) is 0 Å². The summed E-state index contributed by atoms with van der Waals surface area (Å²) in [5.74, 6) is -2.60. The highest BCUT2D eigenvalue weighted by Crippen LogP contribution is 2.32. The zero-order valence-corrected chi connectivity index (χ0v) is 10.9. The molecule has 0 aliphatic heterocycles. The number of hydrogen-bond donors (Lipinski definition) is 1. The van der Waals surface area contributed by atoms with Crippen LogP contribution in [0.15, 0.2) is 36.4 Å². The van der Waals surface area contributed by atoms with Gasteiger partial charge in [0.1, 0.15) is 5.56 Å². The first-order chi connectivity index (χ1) is 10.4. The second-order valence-electron chi connectivity index (χ2n) is 4.68. The van der Waals surface area contributed by atoms with Crippen molar-refractivity contribution in [3.63, 3.8) is 0 Å². The maximum absolute atomic E-state index is 12.4. The van der Waals surface area contributed by atoms with E-state index in [1.807, 2.05) is 0 Å². The van der Waals surface area contributed by atoms with Gasteiger partial charge in [-0.25, -0.2) is 4.79 Å². The van der Waals surface area contributed by atoms with E-state index in [0.29, 0.717) is 0 Å². The molecule has 0 spiro atoms. The third-order valence-electron chi connectivity index (χ3n) is 3.47. The van der Waals surface area contributed by atoms with E-state index in [2.05, 4.69) is 0 Å². The molecule has 2 aromatic rings. The van der Waals surface area contributed by atoms with Crippen LogP contribution in [0.1, 0.15) is 42.2 Å². The van der Waals surface area contributed by atoms with Gasteiger partial charge in [0.25, 0.3) is 5.69 Å². The summed E-state index contributed by atoms with van der Waals surface area (Å²) in [7, 11) is 0.